The Morgan fingerprint density at radius 3 is 2.68 bits per heavy atom. The highest BCUT2D eigenvalue weighted by Crippen LogP contribution is 2.21. The van der Waals surface area contributed by atoms with Gasteiger partial charge in [0.2, 0.25) is 5.91 Å². The molecule has 28 heavy (non-hydrogen) atoms. The molecule has 2 aromatic rings. The fourth-order valence-electron chi connectivity index (χ4n) is 3.91. The van der Waals surface area contributed by atoms with Crippen LogP contribution in [0.2, 0.25) is 0 Å². The molecule has 0 radical (unpaired) electrons. The van der Waals surface area contributed by atoms with Gasteiger partial charge >= 0.3 is 0 Å². The van der Waals surface area contributed by atoms with Gasteiger partial charge in [-0.3, -0.25) is 9.69 Å². The van der Waals surface area contributed by atoms with Crippen molar-refractivity contribution in [3.05, 3.63) is 41.9 Å². The highest BCUT2D eigenvalue weighted by atomic mass is 16.5. The minimum absolute atomic E-state index is 0.187. The molecule has 150 valence electrons. The third-order valence-corrected chi connectivity index (χ3v) is 5.65. The predicted molar refractivity (Wildman–Crippen MR) is 107 cm³/mol. The zero-order valence-electron chi connectivity index (χ0n) is 16.6. The summed E-state index contributed by atoms with van der Waals surface area (Å²) in [6.45, 7) is 7.42. The van der Waals surface area contributed by atoms with Crippen molar-refractivity contribution in [2.45, 2.75) is 38.7 Å². The first-order valence-corrected chi connectivity index (χ1v) is 10.3. The first-order chi connectivity index (χ1) is 13.7. The van der Waals surface area contributed by atoms with Crippen molar-refractivity contribution in [1.29, 1.82) is 0 Å². The topological polar surface area (TPSA) is 58.8 Å². The van der Waals surface area contributed by atoms with E-state index in [0.717, 1.165) is 50.7 Å². The average Bonchev–Trinajstić information content (AvgIpc) is 3.39. The summed E-state index contributed by atoms with van der Waals surface area (Å²) in [5.74, 6) is 1.57. The molecule has 0 saturated carbocycles. The highest BCUT2D eigenvalue weighted by molar-refractivity contribution is 5.76. The average molecular weight is 383 g/mol. The zero-order valence-corrected chi connectivity index (χ0v) is 16.6. The highest BCUT2D eigenvalue weighted by Gasteiger charge is 2.25. The summed E-state index contributed by atoms with van der Waals surface area (Å²) in [6.07, 6.45) is 5.46. The van der Waals surface area contributed by atoms with E-state index in [1.165, 1.54) is 18.4 Å². The molecule has 3 heterocycles. The SMILES string of the molecule is Cc1ccc(-c2cnc(CCC(=O)N3CCN(CC4CCCO4)CC3)o2)cc1. The van der Waals surface area contributed by atoms with E-state index in [0.29, 0.717) is 24.8 Å². The van der Waals surface area contributed by atoms with Crippen LogP contribution < -0.4 is 0 Å². The van der Waals surface area contributed by atoms with Gasteiger partial charge in [-0.25, -0.2) is 4.98 Å². The summed E-state index contributed by atoms with van der Waals surface area (Å²) < 4.78 is 11.6. The number of rotatable bonds is 6. The van der Waals surface area contributed by atoms with Crippen LogP contribution in [0.5, 0.6) is 0 Å². The number of carbonyl (C=O) groups excluding carboxylic acids is 1. The van der Waals surface area contributed by atoms with E-state index in [-0.39, 0.29) is 5.91 Å². The van der Waals surface area contributed by atoms with Crippen LogP contribution in [-0.4, -0.2) is 66.1 Å². The second kappa shape index (κ2) is 8.88. The molecule has 2 aliphatic heterocycles. The minimum Gasteiger partial charge on any atom is -0.441 e. The number of hydrogen-bond donors (Lipinski definition) is 0. The minimum atomic E-state index is 0.187. The Bertz CT molecular complexity index is 773. The van der Waals surface area contributed by atoms with Crippen LogP contribution in [-0.2, 0) is 16.0 Å². The van der Waals surface area contributed by atoms with E-state index in [1.807, 2.05) is 17.0 Å². The molecule has 0 N–H and O–H groups in total. The molecule has 2 saturated heterocycles. The number of piperazine rings is 1. The molecular weight excluding hydrogens is 354 g/mol. The number of nitrogens with zero attached hydrogens (tertiary/aromatic N) is 3. The first-order valence-electron chi connectivity index (χ1n) is 10.3. The van der Waals surface area contributed by atoms with Crippen LogP contribution in [0, 0.1) is 6.92 Å². The van der Waals surface area contributed by atoms with Crippen molar-refractivity contribution in [3.63, 3.8) is 0 Å². The van der Waals surface area contributed by atoms with Gasteiger partial charge in [-0.1, -0.05) is 29.8 Å². The van der Waals surface area contributed by atoms with E-state index >= 15 is 0 Å². The van der Waals surface area contributed by atoms with E-state index in [2.05, 4.69) is 28.9 Å². The second-order valence-corrected chi connectivity index (χ2v) is 7.80. The first kappa shape index (κ1) is 19.2. The zero-order chi connectivity index (χ0) is 19.3. The second-order valence-electron chi connectivity index (χ2n) is 7.80. The summed E-state index contributed by atoms with van der Waals surface area (Å²) in [5, 5.41) is 0. The van der Waals surface area contributed by atoms with E-state index in [4.69, 9.17) is 9.15 Å². The van der Waals surface area contributed by atoms with E-state index in [9.17, 15) is 4.79 Å². The van der Waals surface area contributed by atoms with Crippen molar-refractivity contribution in [2.75, 3.05) is 39.3 Å². The summed E-state index contributed by atoms with van der Waals surface area (Å²) in [7, 11) is 0. The van der Waals surface area contributed by atoms with Crippen LogP contribution in [0.3, 0.4) is 0 Å². The van der Waals surface area contributed by atoms with Crippen LogP contribution in [0.4, 0.5) is 0 Å². The van der Waals surface area contributed by atoms with Gasteiger partial charge in [-0.15, -0.1) is 0 Å². The molecule has 0 bridgehead atoms. The molecule has 2 fully saturated rings. The third-order valence-electron chi connectivity index (χ3n) is 5.65. The predicted octanol–water partition coefficient (Wildman–Crippen LogP) is 2.91. The van der Waals surface area contributed by atoms with Crippen molar-refractivity contribution in [3.8, 4) is 11.3 Å². The molecule has 0 aliphatic carbocycles. The summed E-state index contributed by atoms with van der Waals surface area (Å²) >= 11 is 0. The molecule has 0 spiro atoms. The van der Waals surface area contributed by atoms with Gasteiger partial charge in [0.15, 0.2) is 11.7 Å². The Balaban J connectivity index is 1.22. The lowest BCUT2D eigenvalue weighted by atomic mass is 10.1. The van der Waals surface area contributed by atoms with Crippen LogP contribution >= 0.6 is 0 Å². The van der Waals surface area contributed by atoms with Gasteiger partial charge in [-0.2, -0.15) is 0 Å². The Morgan fingerprint density at radius 2 is 1.96 bits per heavy atom. The van der Waals surface area contributed by atoms with Gasteiger partial charge in [0.25, 0.3) is 0 Å². The molecular formula is C22H29N3O3. The summed E-state index contributed by atoms with van der Waals surface area (Å²) in [6, 6.07) is 8.17. The Hall–Kier alpha value is -2.18. The number of aromatic nitrogens is 1. The molecule has 6 nitrogen and oxygen atoms in total. The number of ether oxygens (including phenoxy) is 1. The van der Waals surface area contributed by atoms with Gasteiger partial charge < -0.3 is 14.1 Å². The molecule has 1 aromatic heterocycles. The van der Waals surface area contributed by atoms with Crippen LogP contribution in [0.1, 0.15) is 30.7 Å². The number of carbonyl (C=O) groups is 1. The maximum absolute atomic E-state index is 12.6. The quantitative estimate of drug-likeness (QED) is 0.768. The van der Waals surface area contributed by atoms with Gasteiger partial charge in [0, 0.05) is 57.7 Å². The smallest absolute Gasteiger partial charge is 0.223 e. The van der Waals surface area contributed by atoms with Gasteiger partial charge in [0.05, 0.1) is 12.3 Å². The normalized spacial score (nSPS) is 20.6. The Kier molecular flexibility index (Phi) is 6.07. The summed E-state index contributed by atoms with van der Waals surface area (Å²) in [5.41, 5.74) is 2.22. The maximum Gasteiger partial charge on any atom is 0.223 e. The molecule has 4 rings (SSSR count). The van der Waals surface area contributed by atoms with Crippen LogP contribution in [0.25, 0.3) is 11.3 Å². The molecule has 1 atom stereocenters. The molecule has 1 aromatic carbocycles. The third kappa shape index (κ3) is 4.80. The monoisotopic (exact) mass is 383 g/mol. The Labute approximate surface area is 166 Å². The van der Waals surface area contributed by atoms with Gasteiger partial charge in [0.1, 0.15) is 0 Å². The molecule has 1 amide bonds. The van der Waals surface area contributed by atoms with E-state index < -0.39 is 0 Å². The van der Waals surface area contributed by atoms with Crippen LogP contribution in [0.15, 0.2) is 34.9 Å². The van der Waals surface area contributed by atoms with Crippen molar-refractivity contribution < 1.29 is 13.9 Å². The van der Waals surface area contributed by atoms with Crippen molar-refractivity contribution in [1.82, 2.24) is 14.8 Å². The lowest BCUT2D eigenvalue weighted by molar-refractivity contribution is -0.133. The maximum atomic E-state index is 12.6. The largest absolute Gasteiger partial charge is 0.441 e. The number of hydrogen-bond acceptors (Lipinski definition) is 5. The fourth-order valence-corrected chi connectivity index (χ4v) is 3.91. The van der Waals surface area contributed by atoms with Gasteiger partial charge in [-0.05, 0) is 19.8 Å². The lowest BCUT2D eigenvalue weighted by Crippen LogP contribution is -2.50. The lowest BCUT2D eigenvalue weighted by Gasteiger charge is -2.35. The molecule has 6 heteroatoms. The number of amides is 1. The number of oxazole rings is 1. The molecule has 1 unspecified atom stereocenters. The number of benzene rings is 1. The standard InChI is InChI=1S/C22H29N3O3/c1-17-4-6-18(7-5-17)20-15-23-21(28-20)8-9-22(26)25-12-10-24(11-13-25)16-19-3-2-14-27-19/h4-7,15,19H,2-3,8-14,16H2,1H3. The molecule has 2 aliphatic rings. The van der Waals surface area contributed by atoms with Crippen molar-refractivity contribution in [2.24, 2.45) is 0 Å². The summed E-state index contributed by atoms with van der Waals surface area (Å²) in [4.78, 5) is 21.3. The number of aryl methyl sites for hydroxylation is 2. The fraction of sp³-hybridized carbons (Fsp3) is 0.545. The van der Waals surface area contributed by atoms with Crippen molar-refractivity contribution >= 4 is 5.91 Å². The Morgan fingerprint density at radius 1 is 1.18 bits per heavy atom. The van der Waals surface area contributed by atoms with E-state index in [1.54, 1.807) is 6.20 Å².